The molecule has 0 N–H and O–H groups in total. The molecule has 2 aliphatic rings. The Bertz CT molecular complexity index is 1220. The Morgan fingerprint density at radius 2 is 1.58 bits per heavy atom. The van der Waals surface area contributed by atoms with E-state index in [-0.39, 0.29) is 23.2 Å². The number of hydrogen-bond donors (Lipinski definition) is 0. The topological polar surface area (TPSA) is 24.7 Å². The Hall–Kier alpha value is -2.84. The second-order valence-corrected chi connectivity index (χ2v) is 10.2. The van der Waals surface area contributed by atoms with E-state index in [0.29, 0.717) is 26.4 Å². The van der Waals surface area contributed by atoms with Crippen LogP contribution in [0.4, 0.5) is 11.4 Å². The summed E-state index contributed by atoms with van der Waals surface area (Å²) >= 11 is 0. The van der Waals surface area contributed by atoms with Gasteiger partial charge < -0.3 is 26.8 Å². The second kappa shape index (κ2) is 11.5. The maximum absolute atomic E-state index is 5.85. The molecule has 190 valence electrons. The number of para-hydroxylation sites is 2. The number of terminal acetylenes is 1. The lowest BCUT2D eigenvalue weighted by atomic mass is 9.81. The number of benzene rings is 2. The highest BCUT2D eigenvalue weighted by Gasteiger charge is 2.43. The summed E-state index contributed by atoms with van der Waals surface area (Å²) in [7, 11) is 2.16. The molecule has 0 fully saturated rings. The largest absolute Gasteiger partial charge is 1.00 e. The van der Waals surface area contributed by atoms with Crippen LogP contribution in [0.15, 0.2) is 72.5 Å². The number of ether oxygens (including phenoxy) is 2. The first-order chi connectivity index (χ1) is 16.8. The van der Waals surface area contributed by atoms with Crippen molar-refractivity contribution in [2.45, 2.75) is 38.5 Å². The van der Waals surface area contributed by atoms with Crippen molar-refractivity contribution in [1.29, 1.82) is 0 Å². The zero-order valence-corrected chi connectivity index (χ0v) is 22.8. The summed E-state index contributed by atoms with van der Waals surface area (Å²) in [4.78, 5) is 2.39. The fraction of sp³-hybridized carbons (Fsp3) is 0.387. The quantitative estimate of drug-likeness (QED) is 0.298. The molecule has 0 unspecified atom stereocenters. The smallest absolute Gasteiger partial charge is 0.209 e. The van der Waals surface area contributed by atoms with Crippen LogP contribution in [-0.2, 0) is 20.3 Å². The van der Waals surface area contributed by atoms with E-state index in [1.165, 1.54) is 33.9 Å². The van der Waals surface area contributed by atoms with Crippen molar-refractivity contribution < 1.29 is 26.5 Å². The van der Waals surface area contributed by atoms with E-state index >= 15 is 0 Å². The molecule has 0 aromatic heterocycles. The SMILES string of the molecule is C#CCOCCOCCN1/C(=C/C=C/C2=[N+](C)c3ccccc3C2(C)C)C(C)(C)c2ccccc21.[Cl-]. The molecule has 0 saturated carbocycles. The zero-order chi connectivity index (χ0) is 25.1. The maximum Gasteiger partial charge on any atom is 0.209 e. The molecule has 36 heavy (non-hydrogen) atoms. The van der Waals surface area contributed by atoms with Crippen molar-refractivity contribution in [2.24, 2.45) is 0 Å². The molecular weight excluding hydrogens is 468 g/mol. The molecule has 0 saturated heterocycles. The monoisotopic (exact) mass is 504 g/mol. The molecule has 2 aromatic rings. The fourth-order valence-corrected chi connectivity index (χ4v) is 5.42. The molecule has 4 rings (SSSR count). The molecule has 0 radical (unpaired) electrons. The first-order valence-corrected chi connectivity index (χ1v) is 12.4. The highest BCUT2D eigenvalue weighted by Crippen LogP contribution is 2.47. The third-order valence-corrected chi connectivity index (χ3v) is 7.26. The summed E-state index contributed by atoms with van der Waals surface area (Å²) in [6, 6.07) is 17.4. The lowest BCUT2D eigenvalue weighted by Gasteiger charge is -2.27. The van der Waals surface area contributed by atoms with Gasteiger partial charge in [0.05, 0.1) is 25.2 Å². The van der Waals surface area contributed by atoms with Gasteiger partial charge in [0.2, 0.25) is 5.69 Å². The van der Waals surface area contributed by atoms with Crippen LogP contribution in [0.25, 0.3) is 0 Å². The molecule has 2 aromatic carbocycles. The van der Waals surface area contributed by atoms with E-state index in [2.05, 4.69) is 117 Å². The van der Waals surface area contributed by atoms with Gasteiger partial charge in [0.15, 0.2) is 5.71 Å². The molecule has 5 heteroatoms. The van der Waals surface area contributed by atoms with Gasteiger partial charge in [-0.05, 0) is 31.6 Å². The van der Waals surface area contributed by atoms with Gasteiger partial charge in [0.25, 0.3) is 0 Å². The Labute approximate surface area is 222 Å². The second-order valence-electron chi connectivity index (χ2n) is 10.2. The van der Waals surface area contributed by atoms with Crippen molar-refractivity contribution in [3.05, 3.63) is 83.6 Å². The van der Waals surface area contributed by atoms with Gasteiger partial charge >= 0.3 is 0 Å². The normalized spacial score (nSPS) is 18.3. The highest BCUT2D eigenvalue weighted by molar-refractivity contribution is 6.03. The first-order valence-electron chi connectivity index (χ1n) is 12.4. The standard InChI is InChI=1S/C31H37N2O2.ClH/c1-7-20-34-22-23-35-21-19-33-27-16-11-9-14-25(27)31(4,5)29(33)18-12-17-28-30(2,3)24-13-8-10-15-26(24)32(28)6;/h1,8-18H,19-23H2,2-6H3;1H/q+1;/p-1. The predicted molar refractivity (Wildman–Crippen MR) is 145 cm³/mol. The minimum absolute atomic E-state index is 0. The number of anilines is 1. The lowest BCUT2D eigenvalue weighted by molar-refractivity contribution is -0.401. The van der Waals surface area contributed by atoms with Crippen molar-refractivity contribution in [2.75, 3.05) is 44.9 Å². The zero-order valence-electron chi connectivity index (χ0n) is 22.1. The molecule has 0 atom stereocenters. The summed E-state index contributed by atoms with van der Waals surface area (Å²) in [5.41, 5.74) is 7.68. The molecule has 0 bridgehead atoms. The molecule has 0 aliphatic carbocycles. The van der Waals surface area contributed by atoms with E-state index in [4.69, 9.17) is 15.9 Å². The molecule has 2 heterocycles. The molecule has 4 nitrogen and oxygen atoms in total. The number of halogens is 1. The molecule has 2 aliphatic heterocycles. The van der Waals surface area contributed by atoms with E-state index < -0.39 is 0 Å². The maximum atomic E-state index is 5.85. The summed E-state index contributed by atoms with van der Waals surface area (Å²) in [5, 5.41) is 0. The van der Waals surface area contributed by atoms with Crippen molar-refractivity contribution in [3.8, 4) is 12.3 Å². The van der Waals surface area contributed by atoms with Gasteiger partial charge in [-0.1, -0.05) is 62.2 Å². The Morgan fingerprint density at radius 1 is 0.917 bits per heavy atom. The predicted octanol–water partition coefficient (Wildman–Crippen LogP) is 2.60. The van der Waals surface area contributed by atoms with Crippen LogP contribution in [0.3, 0.4) is 0 Å². The van der Waals surface area contributed by atoms with Gasteiger partial charge in [0.1, 0.15) is 13.7 Å². The van der Waals surface area contributed by atoms with E-state index in [0.717, 1.165) is 6.54 Å². The van der Waals surface area contributed by atoms with Crippen molar-refractivity contribution in [3.63, 3.8) is 0 Å². The fourth-order valence-electron chi connectivity index (χ4n) is 5.42. The summed E-state index contributed by atoms with van der Waals surface area (Å²) in [6.45, 7) is 12.0. The minimum Gasteiger partial charge on any atom is -1.00 e. The van der Waals surface area contributed by atoms with Crippen LogP contribution in [0.5, 0.6) is 0 Å². The van der Waals surface area contributed by atoms with Crippen LogP contribution in [0, 0.1) is 12.3 Å². The van der Waals surface area contributed by atoms with Crippen LogP contribution >= 0.6 is 0 Å². The number of fused-ring (bicyclic) bond motifs is 2. The van der Waals surface area contributed by atoms with Crippen LogP contribution in [-0.4, -0.2) is 50.3 Å². The van der Waals surface area contributed by atoms with Crippen molar-refractivity contribution in [1.82, 2.24) is 0 Å². The summed E-state index contributed by atoms with van der Waals surface area (Å²) < 4.78 is 13.5. The summed E-state index contributed by atoms with van der Waals surface area (Å²) in [5.74, 6) is 2.48. The third kappa shape index (κ3) is 5.15. The number of hydrogen-bond acceptors (Lipinski definition) is 3. The lowest BCUT2D eigenvalue weighted by Crippen LogP contribution is -3.00. The summed E-state index contributed by atoms with van der Waals surface area (Å²) in [6.07, 6.45) is 12.0. The van der Waals surface area contributed by atoms with Gasteiger partial charge in [-0.3, -0.25) is 0 Å². The van der Waals surface area contributed by atoms with Gasteiger partial charge in [-0.25, -0.2) is 0 Å². The van der Waals surface area contributed by atoms with Crippen LogP contribution < -0.4 is 17.3 Å². The highest BCUT2D eigenvalue weighted by atomic mass is 35.5. The first kappa shape index (κ1) is 27.7. The van der Waals surface area contributed by atoms with Gasteiger partial charge in [0, 0.05) is 41.1 Å². The van der Waals surface area contributed by atoms with E-state index in [1.54, 1.807) is 0 Å². The van der Waals surface area contributed by atoms with E-state index in [9.17, 15) is 0 Å². The molecule has 0 amide bonds. The number of allylic oxidation sites excluding steroid dienone is 4. The number of nitrogens with zero attached hydrogens (tertiary/aromatic N) is 2. The average Bonchev–Trinajstić information content (AvgIpc) is 3.18. The minimum atomic E-state index is -0.0957. The van der Waals surface area contributed by atoms with Crippen LogP contribution in [0.1, 0.15) is 38.8 Å². The average molecular weight is 505 g/mol. The van der Waals surface area contributed by atoms with Crippen LogP contribution in [0.2, 0.25) is 0 Å². The number of rotatable bonds is 9. The van der Waals surface area contributed by atoms with E-state index in [1.807, 2.05) is 0 Å². The Balaban J connectivity index is 0.00000361. The van der Waals surface area contributed by atoms with Crippen molar-refractivity contribution >= 4 is 17.1 Å². The molecule has 0 spiro atoms. The molecular formula is C31H37ClN2O2. The van der Waals surface area contributed by atoms with Gasteiger partial charge in [-0.15, -0.1) is 6.42 Å². The Kier molecular flexibility index (Phi) is 8.84. The van der Waals surface area contributed by atoms with Gasteiger partial charge in [-0.2, -0.15) is 4.58 Å². The third-order valence-electron chi connectivity index (χ3n) is 7.26. The Morgan fingerprint density at radius 3 is 2.31 bits per heavy atom.